The van der Waals surface area contributed by atoms with E-state index in [-0.39, 0.29) is 18.1 Å². The molecule has 20 heavy (non-hydrogen) atoms. The van der Waals surface area contributed by atoms with Gasteiger partial charge in [-0.05, 0) is 26.0 Å². The van der Waals surface area contributed by atoms with Gasteiger partial charge in [-0.15, -0.1) is 0 Å². The van der Waals surface area contributed by atoms with Gasteiger partial charge in [0.25, 0.3) is 12.3 Å². The molecule has 0 aliphatic heterocycles. The summed E-state index contributed by atoms with van der Waals surface area (Å²) >= 11 is 0. The molecule has 0 radical (unpaired) electrons. The molecule has 1 amide bonds. The molecule has 5 nitrogen and oxygen atoms in total. The predicted octanol–water partition coefficient (Wildman–Crippen LogP) is 1.60. The normalized spacial score (nSPS) is 12.3. The molecule has 0 saturated carbocycles. The Morgan fingerprint density at radius 2 is 2.10 bits per heavy atom. The van der Waals surface area contributed by atoms with Crippen molar-refractivity contribution in [3.05, 3.63) is 24.0 Å². The number of amides is 1. The van der Waals surface area contributed by atoms with Crippen LogP contribution in [0.5, 0.6) is 0 Å². The zero-order valence-electron chi connectivity index (χ0n) is 11.5. The summed E-state index contributed by atoms with van der Waals surface area (Å²) in [4.78, 5) is 17.7. The number of pyridine rings is 1. The summed E-state index contributed by atoms with van der Waals surface area (Å²) in [5.74, 6) is -0.215. The van der Waals surface area contributed by atoms with Crippen molar-refractivity contribution in [2.24, 2.45) is 0 Å². The summed E-state index contributed by atoms with van der Waals surface area (Å²) in [7, 11) is 0. The molecule has 1 heterocycles. The number of hydrogen-bond donors (Lipinski definition) is 2. The highest BCUT2D eigenvalue weighted by molar-refractivity contribution is 5.93. The lowest BCUT2D eigenvalue weighted by Gasteiger charge is -2.18. The molecule has 1 rings (SSSR count). The first kappa shape index (κ1) is 16.3. The number of alkyl halides is 2. The second-order valence-electron chi connectivity index (χ2n) is 4.19. The first-order valence-corrected chi connectivity index (χ1v) is 6.45. The number of aromatic nitrogens is 1. The summed E-state index contributed by atoms with van der Waals surface area (Å²) < 4.78 is 24.3. The van der Waals surface area contributed by atoms with E-state index in [2.05, 4.69) is 10.3 Å². The number of rotatable bonds is 7. The third-order valence-corrected chi connectivity index (χ3v) is 2.84. The highest BCUT2D eigenvalue weighted by Crippen LogP contribution is 2.11. The van der Waals surface area contributed by atoms with E-state index in [4.69, 9.17) is 5.11 Å². The summed E-state index contributed by atoms with van der Waals surface area (Å²) in [6, 6.07) is 3.04. The van der Waals surface area contributed by atoms with Crippen molar-refractivity contribution in [3.8, 4) is 0 Å². The topological polar surface area (TPSA) is 65.5 Å². The third kappa shape index (κ3) is 4.41. The minimum absolute atomic E-state index is 0.215. The molecule has 0 aromatic carbocycles. The molecule has 1 atom stereocenters. The Balaban J connectivity index is 2.73. The van der Waals surface area contributed by atoms with Gasteiger partial charge in [0.2, 0.25) is 0 Å². The lowest BCUT2D eigenvalue weighted by molar-refractivity contribution is 0.00384. The van der Waals surface area contributed by atoms with Gasteiger partial charge >= 0.3 is 0 Å². The molecule has 1 aromatic heterocycles. The second kappa shape index (κ2) is 7.74. The zero-order chi connectivity index (χ0) is 15.1. The summed E-state index contributed by atoms with van der Waals surface area (Å²) in [5, 5.41) is 11.7. The highest BCUT2D eigenvalue weighted by atomic mass is 19.3. The van der Waals surface area contributed by atoms with Crippen LogP contribution >= 0.6 is 0 Å². The van der Waals surface area contributed by atoms with E-state index in [0.717, 1.165) is 0 Å². The molecule has 0 bridgehead atoms. The van der Waals surface area contributed by atoms with E-state index in [9.17, 15) is 13.6 Å². The van der Waals surface area contributed by atoms with Crippen LogP contribution in [0, 0.1) is 0 Å². The molecule has 1 unspecified atom stereocenters. The molecular weight excluding hydrogens is 268 g/mol. The quantitative estimate of drug-likeness (QED) is 0.799. The van der Waals surface area contributed by atoms with Crippen molar-refractivity contribution >= 4 is 11.6 Å². The van der Waals surface area contributed by atoms with E-state index >= 15 is 0 Å². The fourth-order valence-corrected chi connectivity index (χ4v) is 1.64. The van der Waals surface area contributed by atoms with Crippen LogP contribution in [0.2, 0.25) is 0 Å². The van der Waals surface area contributed by atoms with E-state index in [0.29, 0.717) is 18.8 Å². The molecule has 0 spiro atoms. The number of hydrogen-bond acceptors (Lipinski definition) is 4. The molecule has 7 heteroatoms. The standard InChI is InChI=1S/C13H19F2N3O2/c1-3-18(4-2)13(20)10-7-9(5-6-16-10)17-8-11(19)12(14)15/h5-7,11-12,19H,3-4,8H2,1-2H3,(H,16,17). The van der Waals surface area contributed by atoms with E-state index < -0.39 is 12.5 Å². The monoisotopic (exact) mass is 287 g/mol. The van der Waals surface area contributed by atoms with Gasteiger partial charge in [0, 0.05) is 31.5 Å². The number of halogens is 2. The van der Waals surface area contributed by atoms with Crippen LogP contribution in [-0.2, 0) is 0 Å². The van der Waals surface area contributed by atoms with Crippen LogP contribution in [0.25, 0.3) is 0 Å². The van der Waals surface area contributed by atoms with Crippen LogP contribution in [0.3, 0.4) is 0 Å². The van der Waals surface area contributed by atoms with E-state index in [1.807, 2.05) is 13.8 Å². The largest absolute Gasteiger partial charge is 0.385 e. The fraction of sp³-hybridized carbons (Fsp3) is 0.538. The Bertz CT molecular complexity index is 439. The van der Waals surface area contributed by atoms with Gasteiger partial charge < -0.3 is 15.3 Å². The minimum atomic E-state index is -2.80. The third-order valence-electron chi connectivity index (χ3n) is 2.84. The van der Waals surface area contributed by atoms with Gasteiger partial charge in [-0.2, -0.15) is 0 Å². The van der Waals surface area contributed by atoms with Crippen molar-refractivity contribution in [2.45, 2.75) is 26.4 Å². The molecule has 0 saturated heterocycles. The Hall–Kier alpha value is -1.76. The Morgan fingerprint density at radius 1 is 1.45 bits per heavy atom. The number of aliphatic hydroxyl groups is 1. The first-order chi connectivity index (χ1) is 9.49. The van der Waals surface area contributed by atoms with Gasteiger partial charge in [-0.25, -0.2) is 8.78 Å². The van der Waals surface area contributed by atoms with Gasteiger partial charge in [-0.3, -0.25) is 9.78 Å². The number of nitrogens with zero attached hydrogens (tertiary/aromatic N) is 2. The maximum absolute atomic E-state index is 12.2. The lowest BCUT2D eigenvalue weighted by atomic mass is 10.2. The van der Waals surface area contributed by atoms with Crippen molar-refractivity contribution in [3.63, 3.8) is 0 Å². The second-order valence-corrected chi connectivity index (χ2v) is 4.19. The van der Waals surface area contributed by atoms with Crippen LogP contribution in [-0.4, -0.2) is 53.1 Å². The van der Waals surface area contributed by atoms with Crippen LogP contribution in [0.1, 0.15) is 24.3 Å². The van der Waals surface area contributed by atoms with Crippen molar-refractivity contribution in [1.82, 2.24) is 9.88 Å². The van der Waals surface area contributed by atoms with Crippen LogP contribution < -0.4 is 5.32 Å². The van der Waals surface area contributed by atoms with Crippen molar-refractivity contribution in [1.29, 1.82) is 0 Å². The summed E-state index contributed by atoms with van der Waals surface area (Å²) in [6.07, 6.45) is -3.13. The number of anilines is 1. The Kier molecular flexibility index (Phi) is 6.30. The molecule has 1 aromatic rings. The number of nitrogens with one attached hydrogen (secondary N) is 1. The molecule has 0 aliphatic rings. The first-order valence-electron chi connectivity index (χ1n) is 6.45. The van der Waals surface area contributed by atoms with E-state index in [1.54, 1.807) is 11.0 Å². The minimum Gasteiger partial charge on any atom is -0.385 e. The Labute approximate surface area is 116 Å². The summed E-state index contributed by atoms with van der Waals surface area (Å²) in [6.45, 7) is 4.57. The average molecular weight is 287 g/mol. The maximum Gasteiger partial charge on any atom is 0.272 e. The Morgan fingerprint density at radius 3 is 2.65 bits per heavy atom. The number of carbonyl (C=O) groups is 1. The van der Waals surface area contributed by atoms with E-state index in [1.165, 1.54) is 12.3 Å². The lowest BCUT2D eigenvalue weighted by Crippen LogP contribution is -2.31. The van der Waals surface area contributed by atoms with Crippen molar-refractivity contribution in [2.75, 3.05) is 25.0 Å². The predicted molar refractivity (Wildman–Crippen MR) is 72.0 cm³/mol. The molecule has 112 valence electrons. The smallest absolute Gasteiger partial charge is 0.272 e. The maximum atomic E-state index is 12.2. The number of carbonyl (C=O) groups excluding carboxylic acids is 1. The zero-order valence-corrected chi connectivity index (χ0v) is 11.5. The van der Waals surface area contributed by atoms with Crippen molar-refractivity contribution < 1.29 is 18.7 Å². The number of aliphatic hydroxyl groups excluding tert-OH is 1. The molecular formula is C13H19F2N3O2. The fourth-order valence-electron chi connectivity index (χ4n) is 1.64. The highest BCUT2D eigenvalue weighted by Gasteiger charge is 2.17. The molecule has 2 N–H and O–H groups in total. The van der Waals surface area contributed by atoms with Crippen LogP contribution in [0.4, 0.5) is 14.5 Å². The molecule has 0 aliphatic carbocycles. The summed E-state index contributed by atoms with van der Waals surface area (Å²) in [5.41, 5.74) is 0.709. The SMILES string of the molecule is CCN(CC)C(=O)c1cc(NCC(O)C(F)F)ccn1. The van der Waals surface area contributed by atoms with Gasteiger partial charge in [0.1, 0.15) is 11.8 Å². The van der Waals surface area contributed by atoms with Gasteiger partial charge in [-0.1, -0.05) is 0 Å². The van der Waals surface area contributed by atoms with Crippen LogP contribution in [0.15, 0.2) is 18.3 Å². The van der Waals surface area contributed by atoms with Gasteiger partial charge in [0.15, 0.2) is 0 Å². The van der Waals surface area contributed by atoms with Gasteiger partial charge in [0.05, 0.1) is 0 Å². The molecule has 0 fully saturated rings. The average Bonchev–Trinajstić information content (AvgIpc) is 2.46.